The van der Waals surface area contributed by atoms with Crippen LogP contribution < -0.4 is 20.8 Å². The average molecular weight is 457 g/mol. The Morgan fingerprint density at radius 2 is 1.81 bits per heavy atom. The van der Waals surface area contributed by atoms with Gasteiger partial charge in [-0.2, -0.15) is 0 Å². The lowest BCUT2D eigenvalue weighted by Gasteiger charge is -2.09. The molecule has 0 fully saturated rings. The number of nitrogens with two attached hydrogens (primary N) is 1. The minimum absolute atomic E-state index is 0.0332. The first-order valence-electron chi connectivity index (χ1n) is 9.94. The molecule has 1 heterocycles. The van der Waals surface area contributed by atoms with E-state index in [1.54, 1.807) is 12.1 Å². The zero-order valence-corrected chi connectivity index (χ0v) is 18.3. The number of primary sulfonamides is 1. The van der Waals surface area contributed by atoms with Crippen molar-refractivity contribution in [1.82, 2.24) is 14.9 Å². The summed E-state index contributed by atoms with van der Waals surface area (Å²) in [5.74, 6) is 0.408. The van der Waals surface area contributed by atoms with Gasteiger partial charge in [0.25, 0.3) is 5.56 Å². The van der Waals surface area contributed by atoms with E-state index in [9.17, 15) is 18.0 Å². The van der Waals surface area contributed by atoms with Crippen molar-refractivity contribution in [3.05, 3.63) is 76.8 Å². The molecule has 1 amide bonds. The molecule has 0 aliphatic carbocycles. The van der Waals surface area contributed by atoms with Crippen LogP contribution in [0.1, 0.15) is 12.5 Å². The molecule has 2 aromatic carbocycles. The Bertz CT molecular complexity index is 1240. The van der Waals surface area contributed by atoms with E-state index in [0.29, 0.717) is 25.3 Å². The highest BCUT2D eigenvalue weighted by molar-refractivity contribution is 7.89. The van der Waals surface area contributed by atoms with E-state index in [1.165, 1.54) is 29.1 Å². The number of nitrogens with zero attached hydrogens (tertiary/aromatic N) is 2. The lowest BCUT2D eigenvalue weighted by molar-refractivity contribution is -0.121. The molecule has 0 radical (unpaired) electrons. The predicted octanol–water partition coefficient (Wildman–Crippen LogP) is 1.32. The first kappa shape index (κ1) is 23.2. The number of aromatic nitrogens is 2. The topological polar surface area (TPSA) is 133 Å². The van der Waals surface area contributed by atoms with Gasteiger partial charge >= 0.3 is 0 Å². The molecule has 0 aliphatic rings. The number of hydrogen-bond donors (Lipinski definition) is 2. The quantitative estimate of drug-likeness (QED) is 0.499. The summed E-state index contributed by atoms with van der Waals surface area (Å²) in [4.78, 5) is 28.9. The van der Waals surface area contributed by atoms with E-state index in [-0.39, 0.29) is 22.9 Å². The van der Waals surface area contributed by atoms with Crippen LogP contribution in [0.3, 0.4) is 0 Å². The molecule has 32 heavy (non-hydrogen) atoms. The highest BCUT2D eigenvalue weighted by atomic mass is 32.2. The minimum Gasteiger partial charge on any atom is -0.494 e. The van der Waals surface area contributed by atoms with Crippen LogP contribution in [0.2, 0.25) is 0 Å². The maximum absolute atomic E-state index is 12.4. The van der Waals surface area contributed by atoms with Gasteiger partial charge in [-0.1, -0.05) is 12.1 Å². The van der Waals surface area contributed by atoms with Gasteiger partial charge in [0, 0.05) is 18.2 Å². The number of benzene rings is 2. The summed E-state index contributed by atoms with van der Waals surface area (Å²) in [7, 11) is -3.73. The second kappa shape index (κ2) is 10.2. The molecule has 0 saturated heterocycles. The highest BCUT2D eigenvalue weighted by Gasteiger charge is 2.09. The minimum atomic E-state index is -3.73. The molecule has 0 aliphatic heterocycles. The van der Waals surface area contributed by atoms with Crippen molar-refractivity contribution in [2.24, 2.45) is 5.14 Å². The van der Waals surface area contributed by atoms with Crippen LogP contribution in [-0.4, -0.2) is 37.0 Å². The largest absolute Gasteiger partial charge is 0.494 e. The van der Waals surface area contributed by atoms with Crippen LogP contribution in [0, 0.1) is 0 Å². The molecule has 168 valence electrons. The van der Waals surface area contributed by atoms with E-state index in [2.05, 4.69) is 10.3 Å². The van der Waals surface area contributed by atoms with Crippen molar-refractivity contribution in [1.29, 1.82) is 0 Å². The Morgan fingerprint density at radius 3 is 2.41 bits per heavy atom. The molecule has 0 saturated carbocycles. The summed E-state index contributed by atoms with van der Waals surface area (Å²) in [5.41, 5.74) is 1.79. The first-order valence-corrected chi connectivity index (χ1v) is 11.5. The molecule has 3 aromatic rings. The van der Waals surface area contributed by atoms with Crippen molar-refractivity contribution in [2.45, 2.75) is 24.8 Å². The number of sulfonamides is 1. The van der Waals surface area contributed by atoms with Gasteiger partial charge in [0.15, 0.2) is 0 Å². The summed E-state index contributed by atoms with van der Waals surface area (Å²) in [6, 6.07) is 14.8. The normalized spacial score (nSPS) is 11.2. The van der Waals surface area contributed by atoms with Crippen LogP contribution in [0.5, 0.6) is 5.75 Å². The third-order valence-electron chi connectivity index (χ3n) is 4.64. The molecule has 10 heteroatoms. The van der Waals surface area contributed by atoms with Gasteiger partial charge < -0.3 is 10.1 Å². The summed E-state index contributed by atoms with van der Waals surface area (Å²) in [6.07, 6.45) is 1.85. The van der Waals surface area contributed by atoms with Crippen LogP contribution >= 0.6 is 0 Å². The highest BCUT2D eigenvalue weighted by Crippen LogP contribution is 2.19. The Labute approximate surface area is 185 Å². The lowest BCUT2D eigenvalue weighted by Crippen LogP contribution is -2.33. The van der Waals surface area contributed by atoms with E-state index < -0.39 is 10.0 Å². The predicted molar refractivity (Wildman–Crippen MR) is 120 cm³/mol. The third kappa shape index (κ3) is 6.25. The molecule has 3 rings (SSSR count). The maximum Gasteiger partial charge on any atom is 0.254 e. The summed E-state index contributed by atoms with van der Waals surface area (Å²) >= 11 is 0. The summed E-state index contributed by atoms with van der Waals surface area (Å²) < 4.78 is 29.2. The van der Waals surface area contributed by atoms with Crippen molar-refractivity contribution >= 4 is 15.9 Å². The van der Waals surface area contributed by atoms with Crippen molar-refractivity contribution in [3.8, 4) is 17.0 Å². The Kier molecular flexibility index (Phi) is 7.39. The van der Waals surface area contributed by atoms with Gasteiger partial charge in [-0.05, 0) is 55.3 Å². The molecular formula is C22H24N4O5S. The Balaban J connectivity index is 1.54. The van der Waals surface area contributed by atoms with E-state index in [4.69, 9.17) is 9.88 Å². The second-order valence-corrected chi connectivity index (χ2v) is 8.55. The molecule has 1 aromatic heterocycles. The first-order chi connectivity index (χ1) is 15.3. The van der Waals surface area contributed by atoms with Crippen LogP contribution in [0.25, 0.3) is 11.3 Å². The third-order valence-corrected chi connectivity index (χ3v) is 5.57. The van der Waals surface area contributed by atoms with Gasteiger partial charge in [0.2, 0.25) is 15.9 Å². The summed E-state index contributed by atoms with van der Waals surface area (Å²) in [6.45, 7) is 2.65. The van der Waals surface area contributed by atoms with Crippen molar-refractivity contribution < 1.29 is 17.9 Å². The number of rotatable bonds is 9. The van der Waals surface area contributed by atoms with E-state index in [0.717, 1.165) is 16.9 Å². The molecular weight excluding hydrogens is 432 g/mol. The fourth-order valence-corrected chi connectivity index (χ4v) is 3.51. The second-order valence-electron chi connectivity index (χ2n) is 6.99. The molecule has 0 atom stereocenters. The zero-order valence-electron chi connectivity index (χ0n) is 17.5. The fourth-order valence-electron chi connectivity index (χ4n) is 2.99. The maximum atomic E-state index is 12.4. The molecule has 0 spiro atoms. The van der Waals surface area contributed by atoms with Crippen LogP contribution in [-0.2, 0) is 27.8 Å². The van der Waals surface area contributed by atoms with Gasteiger partial charge in [0.1, 0.15) is 12.3 Å². The van der Waals surface area contributed by atoms with Crippen molar-refractivity contribution in [2.75, 3.05) is 13.2 Å². The zero-order chi connectivity index (χ0) is 23.1. The van der Waals surface area contributed by atoms with Gasteiger partial charge in [-0.25, -0.2) is 18.5 Å². The van der Waals surface area contributed by atoms with Gasteiger partial charge in [0.05, 0.1) is 23.5 Å². The SMILES string of the molecule is CCOc1ccc(-c2cc(=O)n(CC(=O)NCCc3ccc(S(N)(=O)=O)cc3)cn2)cc1. The van der Waals surface area contributed by atoms with Crippen LogP contribution in [0.4, 0.5) is 0 Å². The number of amides is 1. The molecule has 0 unspecified atom stereocenters. The molecule has 0 bridgehead atoms. The van der Waals surface area contributed by atoms with E-state index >= 15 is 0 Å². The van der Waals surface area contributed by atoms with Crippen LogP contribution in [0.15, 0.2) is 70.6 Å². The number of nitrogens with one attached hydrogen (secondary N) is 1. The number of hydrogen-bond acceptors (Lipinski definition) is 6. The molecule has 9 nitrogen and oxygen atoms in total. The average Bonchev–Trinajstić information content (AvgIpc) is 2.76. The molecule has 3 N–H and O–H groups in total. The number of ether oxygens (including phenoxy) is 1. The van der Waals surface area contributed by atoms with Gasteiger partial charge in [-0.3, -0.25) is 14.2 Å². The summed E-state index contributed by atoms with van der Waals surface area (Å²) in [5, 5.41) is 7.80. The smallest absolute Gasteiger partial charge is 0.254 e. The van der Waals surface area contributed by atoms with E-state index in [1.807, 2.05) is 31.2 Å². The Morgan fingerprint density at radius 1 is 1.12 bits per heavy atom. The Hall–Kier alpha value is -3.50. The lowest BCUT2D eigenvalue weighted by atomic mass is 10.1. The number of carbonyl (C=O) groups excluding carboxylic acids is 1. The monoisotopic (exact) mass is 456 g/mol. The van der Waals surface area contributed by atoms with Gasteiger partial charge in [-0.15, -0.1) is 0 Å². The standard InChI is InChI=1S/C22H24N4O5S/c1-2-31-18-7-5-17(6-8-18)20-13-22(28)26(15-25-20)14-21(27)24-12-11-16-3-9-19(10-4-16)32(23,29)30/h3-10,13,15H,2,11-12,14H2,1H3,(H,24,27)(H2,23,29,30). The number of carbonyl (C=O) groups is 1. The van der Waals surface area contributed by atoms with Crippen molar-refractivity contribution in [3.63, 3.8) is 0 Å². The fraction of sp³-hybridized carbons (Fsp3) is 0.227.